The van der Waals surface area contributed by atoms with E-state index in [1.54, 1.807) is 7.11 Å². The Hall–Kier alpha value is -3.80. The number of nitrogens with two attached hydrogens (primary N) is 1. The monoisotopic (exact) mass is 534 g/mol. The third-order valence-corrected chi connectivity index (χ3v) is 8.75. The number of ether oxygens (including phenoxy) is 2. The lowest BCUT2D eigenvalue weighted by Crippen LogP contribution is -2.18. The standard InChI is InChI=1S/C34H34N2O2S/c1-37-32-20-25(9-10-27(32)22-36-17-5-6-18-36)19-31-30-16-15-29(38-23-24-7-3-2-4-8-24)21-33(30)39-34(31)26-11-13-28(35)14-12-26/h2-4,7-16,20-21H,5-6,17-19,22-23,35H2,1H3. The Balaban J connectivity index is 1.33. The summed E-state index contributed by atoms with van der Waals surface area (Å²) in [5.74, 6) is 1.86. The van der Waals surface area contributed by atoms with Crippen molar-refractivity contribution in [2.75, 3.05) is 25.9 Å². The Morgan fingerprint density at radius 1 is 0.846 bits per heavy atom. The number of hydrogen-bond acceptors (Lipinski definition) is 5. The van der Waals surface area contributed by atoms with Gasteiger partial charge in [0, 0.05) is 27.4 Å². The molecule has 0 radical (unpaired) electrons. The molecule has 1 saturated heterocycles. The minimum atomic E-state index is 0.555. The van der Waals surface area contributed by atoms with Crippen LogP contribution in [0, 0.1) is 0 Å². The lowest BCUT2D eigenvalue weighted by molar-refractivity contribution is 0.306. The molecule has 0 unspecified atom stereocenters. The van der Waals surface area contributed by atoms with Crippen molar-refractivity contribution in [1.82, 2.24) is 4.90 Å². The normalized spacial score (nSPS) is 13.7. The molecule has 39 heavy (non-hydrogen) atoms. The van der Waals surface area contributed by atoms with Crippen LogP contribution in [0.2, 0.25) is 0 Å². The highest BCUT2D eigenvalue weighted by molar-refractivity contribution is 7.22. The van der Waals surface area contributed by atoms with E-state index in [0.717, 1.165) is 35.7 Å². The third kappa shape index (κ3) is 5.80. The van der Waals surface area contributed by atoms with Gasteiger partial charge in [0.2, 0.25) is 0 Å². The maximum Gasteiger partial charge on any atom is 0.123 e. The number of nitrogen functional groups attached to an aromatic ring is 1. The highest BCUT2D eigenvalue weighted by atomic mass is 32.1. The Kier molecular flexibility index (Phi) is 7.53. The van der Waals surface area contributed by atoms with E-state index in [-0.39, 0.29) is 0 Å². The minimum Gasteiger partial charge on any atom is -0.496 e. The summed E-state index contributed by atoms with van der Waals surface area (Å²) in [7, 11) is 1.78. The first-order valence-electron chi connectivity index (χ1n) is 13.6. The molecule has 5 heteroatoms. The van der Waals surface area contributed by atoms with Gasteiger partial charge in [-0.05, 0) is 96.4 Å². The molecular formula is C34H34N2O2S. The molecule has 0 aliphatic carbocycles. The van der Waals surface area contributed by atoms with E-state index in [4.69, 9.17) is 15.2 Å². The predicted molar refractivity (Wildman–Crippen MR) is 163 cm³/mol. The molecule has 2 heterocycles. The molecule has 0 amide bonds. The molecule has 0 atom stereocenters. The van der Waals surface area contributed by atoms with Crippen LogP contribution in [0.1, 0.15) is 35.1 Å². The quantitative estimate of drug-likeness (QED) is 0.195. The van der Waals surface area contributed by atoms with Crippen molar-refractivity contribution in [2.45, 2.75) is 32.4 Å². The van der Waals surface area contributed by atoms with Crippen molar-refractivity contribution in [3.05, 3.63) is 113 Å². The van der Waals surface area contributed by atoms with Gasteiger partial charge in [0.1, 0.15) is 18.1 Å². The molecule has 0 saturated carbocycles. The van der Waals surface area contributed by atoms with Crippen LogP contribution in [-0.4, -0.2) is 25.1 Å². The number of hydrogen-bond donors (Lipinski definition) is 1. The van der Waals surface area contributed by atoms with E-state index in [9.17, 15) is 0 Å². The largest absolute Gasteiger partial charge is 0.496 e. The van der Waals surface area contributed by atoms with Gasteiger partial charge in [0.05, 0.1) is 7.11 Å². The van der Waals surface area contributed by atoms with Crippen LogP contribution >= 0.6 is 11.3 Å². The SMILES string of the molecule is COc1cc(Cc2c(-c3ccc(N)cc3)sc3cc(OCc4ccccc4)ccc23)ccc1CN1CCCC1. The van der Waals surface area contributed by atoms with Gasteiger partial charge in [0.15, 0.2) is 0 Å². The van der Waals surface area contributed by atoms with Crippen molar-refractivity contribution < 1.29 is 9.47 Å². The maximum atomic E-state index is 6.16. The second-order valence-electron chi connectivity index (χ2n) is 10.3. The summed E-state index contributed by atoms with van der Waals surface area (Å²) in [5, 5.41) is 1.26. The van der Waals surface area contributed by atoms with Crippen LogP contribution in [0.4, 0.5) is 5.69 Å². The summed E-state index contributed by atoms with van der Waals surface area (Å²) >= 11 is 1.81. The van der Waals surface area contributed by atoms with Crippen LogP contribution < -0.4 is 15.2 Å². The molecule has 198 valence electrons. The number of fused-ring (bicyclic) bond motifs is 1. The molecule has 1 aliphatic heterocycles. The zero-order valence-corrected chi connectivity index (χ0v) is 23.2. The zero-order valence-electron chi connectivity index (χ0n) is 22.4. The fourth-order valence-corrected chi connectivity index (χ4v) is 6.67. The van der Waals surface area contributed by atoms with Crippen LogP contribution in [0.15, 0.2) is 91.0 Å². The number of thiophene rings is 1. The van der Waals surface area contributed by atoms with Crippen LogP contribution in [-0.2, 0) is 19.6 Å². The van der Waals surface area contributed by atoms with E-state index in [1.165, 1.54) is 63.1 Å². The first-order valence-corrected chi connectivity index (χ1v) is 14.4. The predicted octanol–water partition coefficient (Wildman–Crippen LogP) is 7.92. The van der Waals surface area contributed by atoms with Crippen molar-refractivity contribution in [1.29, 1.82) is 0 Å². The van der Waals surface area contributed by atoms with Gasteiger partial charge in [0.25, 0.3) is 0 Å². The van der Waals surface area contributed by atoms with E-state index < -0.39 is 0 Å². The van der Waals surface area contributed by atoms with Gasteiger partial charge < -0.3 is 15.2 Å². The molecule has 1 aromatic heterocycles. The van der Waals surface area contributed by atoms with Crippen LogP contribution in [0.25, 0.3) is 20.5 Å². The van der Waals surface area contributed by atoms with Crippen molar-refractivity contribution in [3.63, 3.8) is 0 Å². The van der Waals surface area contributed by atoms with Gasteiger partial charge >= 0.3 is 0 Å². The first-order chi connectivity index (χ1) is 19.2. The summed E-state index contributed by atoms with van der Waals surface area (Å²) < 4.78 is 13.2. The molecular weight excluding hydrogens is 500 g/mol. The highest BCUT2D eigenvalue weighted by Gasteiger charge is 2.18. The fourth-order valence-electron chi connectivity index (χ4n) is 5.42. The van der Waals surface area contributed by atoms with Gasteiger partial charge in [-0.15, -0.1) is 11.3 Å². The number of likely N-dealkylation sites (tertiary alicyclic amines) is 1. The molecule has 0 bridgehead atoms. The van der Waals surface area contributed by atoms with Crippen LogP contribution in [0.3, 0.4) is 0 Å². The average molecular weight is 535 g/mol. The summed E-state index contributed by atoms with van der Waals surface area (Å²) in [6, 6.07) is 31.7. The number of nitrogens with zero attached hydrogens (tertiary/aromatic N) is 1. The minimum absolute atomic E-state index is 0.555. The second-order valence-corrected chi connectivity index (χ2v) is 11.3. The molecule has 0 spiro atoms. The second kappa shape index (κ2) is 11.5. The molecule has 4 nitrogen and oxygen atoms in total. The summed E-state index contributed by atoms with van der Waals surface area (Å²) in [5.41, 5.74) is 13.0. The Bertz CT molecular complexity index is 1550. The smallest absolute Gasteiger partial charge is 0.123 e. The van der Waals surface area contributed by atoms with Crippen molar-refractivity contribution in [2.24, 2.45) is 0 Å². The van der Waals surface area contributed by atoms with Crippen LogP contribution in [0.5, 0.6) is 11.5 Å². The molecule has 2 N–H and O–H groups in total. The summed E-state index contributed by atoms with van der Waals surface area (Å²) in [6.07, 6.45) is 3.40. The van der Waals surface area contributed by atoms with Gasteiger partial charge in [-0.25, -0.2) is 0 Å². The Morgan fingerprint density at radius 2 is 1.64 bits per heavy atom. The first kappa shape index (κ1) is 25.5. The lowest BCUT2D eigenvalue weighted by atomic mass is 9.97. The van der Waals surface area contributed by atoms with Crippen molar-refractivity contribution >= 4 is 27.1 Å². The van der Waals surface area contributed by atoms with E-state index in [0.29, 0.717) is 6.61 Å². The molecule has 1 aliphatic rings. The topological polar surface area (TPSA) is 47.7 Å². The molecule has 4 aromatic carbocycles. The van der Waals surface area contributed by atoms with E-state index in [2.05, 4.69) is 65.6 Å². The number of anilines is 1. The van der Waals surface area contributed by atoms with E-state index >= 15 is 0 Å². The summed E-state index contributed by atoms with van der Waals surface area (Å²) in [6.45, 7) is 3.86. The molecule has 1 fully saturated rings. The maximum absolute atomic E-state index is 6.16. The lowest BCUT2D eigenvalue weighted by Gasteiger charge is -2.18. The average Bonchev–Trinajstić information content (AvgIpc) is 3.61. The highest BCUT2D eigenvalue weighted by Crippen LogP contribution is 2.42. The summed E-state index contributed by atoms with van der Waals surface area (Å²) in [4.78, 5) is 3.78. The number of benzene rings is 4. The van der Waals surface area contributed by atoms with Crippen molar-refractivity contribution in [3.8, 4) is 21.9 Å². The van der Waals surface area contributed by atoms with E-state index in [1.807, 2.05) is 41.7 Å². The Labute approximate surface area is 234 Å². The van der Waals surface area contributed by atoms with Gasteiger partial charge in [-0.2, -0.15) is 0 Å². The molecule has 5 aromatic rings. The number of methoxy groups -OCH3 is 1. The Morgan fingerprint density at radius 3 is 2.41 bits per heavy atom. The molecule has 6 rings (SSSR count). The van der Waals surface area contributed by atoms with Gasteiger partial charge in [-0.1, -0.05) is 54.6 Å². The van der Waals surface area contributed by atoms with Gasteiger partial charge in [-0.3, -0.25) is 4.90 Å². The third-order valence-electron chi connectivity index (χ3n) is 7.51. The fraction of sp³-hybridized carbons (Fsp3) is 0.235. The number of rotatable bonds is 9. The zero-order chi connectivity index (χ0) is 26.6.